The maximum absolute atomic E-state index is 12.9. The normalized spacial score (nSPS) is 24.1. The fourth-order valence-corrected chi connectivity index (χ4v) is 5.02. The molecule has 1 atom stereocenters. The van der Waals surface area contributed by atoms with Gasteiger partial charge in [-0.1, -0.05) is 6.42 Å². The smallest absolute Gasteiger partial charge is 0.264 e. The second-order valence-corrected chi connectivity index (χ2v) is 7.83. The molecule has 1 N–H and O–H groups in total. The summed E-state index contributed by atoms with van der Waals surface area (Å²) in [7, 11) is 0. The average Bonchev–Trinajstić information content (AvgIpc) is 2.88. The molecule has 2 aliphatic heterocycles. The van der Waals surface area contributed by atoms with Crippen molar-refractivity contribution < 1.29 is 14.4 Å². The van der Waals surface area contributed by atoms with Crippen LogP contribution >= 0.6 is 11.3 Å². The Kier molecular flexibility index (Phi) is 4.04. The fourth-order valence-electron chi connectivity index (χ4n) is 3.80. The van der Waals surface area contributed by atoms with E-state index in [0.29, 0.717) is 19.6 Å². The highest BCUT2D eigenvalue weighted by Gasteiger charge is 2.40. The van der Waals surface area contributed by atoms with Gasteiger partial charge in [-0.2, -0.15) is 0 Å². The van der Waals surface area contributed by atoms with Gasteiger partial charge in [-0.3, -0.25) is 14.4 Å². The Morgan fingerprint density at radius 2 is 2.00 bits per heavy atom. The van der Waals surface area contributed by atoms with Crippen LogP contribution in [0.25, 0.3) is 0 Å². The molecule has 0 unspecified atom stereocenters. The van der Waals surface area contributed by atoms with E-state index >= 15 is 0 Å². The monoisotopic (exact) mass is 347 g/mol. The molecule has 0 saturated carbocycles. The molecule has 0 bridgehead atoms. The Morgan fingerprint density at radius 1 is 1.17 bits per heavy atom. The van der Waals surface area contributed by atoms with E-state index in [4.69, 9.17) is 0 Å². The van der Waals surface area contributed by atoms with Crippen LogP contribution in [0.3, 0.4) is 0 Å². The maximum atomic E-state index is 12.9. The van der Waals surface area contributed by atoms with Gasteiger partial charge in [0, 0.05) is 18.0 Å². The third-order valence-electron chi connectivity index (χ3n) is 5.16. The topological polar surface area (TPSA) is 69.7 Å². The highest BCUT2D eigenvalue weighted by atomic mass is 32.1. The summed E-state index contributed by atoms with van der Waals surface area (Å²) in [6.45, 7) is 1.30. The Hall–Kier alpha value is -1.89. The predicted octanol–water partition coefficient (Wildman–Crippen LogP) is 0.800. The second kappa shape index (κ2) is 6.20. The van der Waals surface area contributed by atoms with Crippen molar-refractivity contribution in [2.24, 2.45) is 0 Å². The van der Waals surface area contributed by atoms with Gasteiger partial charge in [-0.25, -0.2) is 0 Å². The molecular formula is C17H21N3O3S. The quantitative estimate of drug-likeness (QED) is 0.764. The van der Waals surface area contributed by atoms with Crippen LogP contribution in [0.5, 0.6) is 0 Å². The number of hydrogen-bond donors (Lipinski definition) is 1. The van der Waals surface area contributed by atoms with E-state index < -0.39 is 6.04 Å². The highest BCUT2D eigenvalue weighted by Crippen LogP contribution is 2.30. The minimum Gasteiger partial charge on any atom is -0.345 e. The van der Waals surface area contributed by atoms with Crippen LogP contribution in [0.15, 0.2) is 6.07 Å². The molecule has 2 saturated heterocycles. The summed E-state index contributed by atoms with van der Waals surface area (Å²) < 4.78 is 0. The van der Waals surface area contributed by atoms with Gasteiger partial charge in [-0.15, -0.1) is 11.3 Å². The molecule has 1 aromatic heterocycles. The molecule has 3 heterocycles. The van der Waals surface area contributed by atoms with Gasteiger partial charge >= 0.3 is 0 Å². The van der Waals surface area contributed by atoms with Crippen molar-refractivity contribution in [2.75, 3.05) is 26.2 Å². The third-order valence-corrected chi connectivity index (χ3v) is 6.39. The van der Waals surface area contributed by atoms with Crippen LogP contribution < -0.4 is 5.32 Å². The van der Waals surface area contributed by atoms with Gasteiger partial charge in [0.25, 0.3) is 5.91 Å². The lowest BCUT2D eigenvalue weighted by Crippen LogP contribution is -2.66. The molecule has 1 aliphatic carbocycles. The molecule has 0 radical (unpaired) electrons. The lowest BCUT2D eigenvalue weighted by molar-refractivity contribution is -0.148. The van der Waals surface area contributed by atoms with Gasteiger partial charge in [0.05, 0.1) is 18.0 Å². The van der Waals surface area contributed by atoms with Crippen LogP contribution in [-0.2, 0) is 22.4 Å². The van der Waals surface area contributed by atoms with Crippen LogP contribution in [-0.4, -0.2) is 59.7 Å². The first-order valence-corrected chi connectivity index (χ1v) is 9.43. The summed E-state index contributed by atoms with van der Waals surface area (Å²) in [5.74, 6) is -0.220. The summed E-state index contributed by atoms with van der Waals surface area (Å²) in [5.41, 5.74) is 1.32. The SMILES string of the molecule is O=C1NCC(=O)N2CCN(C(=O)c3cc4c(s3)CCCCC4)C[C@@H]12. The number of carbonyl (C=O) groups is 3. The van der Waals surface area contributed by atoms with E-state index in [9.17, 15) is 14.4 Å². The van der Waals surface area contributed by atoms with Crippen molar-refractivity contribution in [3.63, 3.8) is 0 Å². The molecular weight excluding hydrogens is 326 g/mol. The minimum absolute atomic E-state index is 0.00135. The molecule has 24 heavy (non-hydrogen) atoms. The molecule has 3 amide bonds. The first-order valence-electron chi connectivity index (χ1n) is 8.61. The number of amides is 3. The van der Waals surface area contributed by atoms with E-state index in [1.165, 1.54) is 29.7 Å². The van der Waals surface area contributed by atoms with Crippen molar-refractivity contribution in [3.8, 4) is 0 Å². The first kappa shape index (κ1) is 15.6. The van der Waals surface area contributed by atoms with Crippen molar-refractivity contribution in [3.05, 3.63) is 21.4 Å². The van der Waals surface area contributed by atoms with Gasteiger partial charge in [0.2, 0.25) is 11.8 Å². The van der Waals surface area contributed by atoms with E-state index in [-0.39, 0.29) is 24.3 Å². The molecule has 4 rings (SSSR count). The molecule has 0 aromatic carbocycles. The van der Waals surface area contributed by atoms with Gasteiger partial charge in [0.15, 0.2) is 0 Å². The van der Waals surface area contributed by atoms with Gasteiger partial charge in [-0.05, 0) is 37.3 Å². The zero-order chi connectivity index (χ0) is 16.7. The largest absolute Gasteiger partial charge is 0.345 e. The third kappa shape index (κ3) is 2.70. The van der Waals surface area contributed by atoms with Gasteiger partial charge < -0.3 is 15.1 Å². The highest BCUT2D eigenvalue weighted by molar-refractivity contribution is 7.14. The number of carbonyl (C=O) groups excluding carboxylic acids is 3. The number of fused-ring (bicyclic) bond motifs is 2. The molecule has 2 fully saturated rings. The molecule has 128 valence electrons. The van der Waals surface area contributed by atoms with Crippen molar-refractivity contribution in [2.45, 2.75) is 38.1 Å². The number of rotatable bonds is 1. The summed E-state index contributed by atoms with van der Waals surface area (Å²) in [6, 6.07) is 1.51. The number of thiophene rings is 1. The van der Waals surface area contributed by atoms with Crippen LogP contribution in [0, 0.1) is 0 Å². The van der Waals surface area contributed by atoms with E-state index in [2.05, 4.69) is 5.32 Å². The van der Waals surface area contributed by atoms with E-state index in [1.54, 1.807) is 21.1 Å². The maximum Gasteiger partial charge on any atom is 0.264 e. The lowest BCUT2D eigenvalue weighted by atomic mass is 10.1. The predicted molar refractivity (Wildman–Crippen MR) is 90.0 cm³/mol. The molecule has 3 aliphatic rings. The van der Waals surface area contributed by atoms with Crippen molar-refractivity contribution >= 4 is 29.1 Å². The van der Waals surface area contributed by atoms with Crippen molar-refractivity contribution in [1.82, 2.24) is 15.1 Å². The Bertz CT molecular complexity index is 676. The Balaban J connectivity index is 1.51. The zero-order valence-corrected chi connectivity index (χ0v) is 14.4. The summed E-state index contributed by atoms with van der Waals surface area (Å²) in [6.07, 6.45) is 5.79. The first-order chi connectivity index (χ1) is 11.6. The Labute approximate surface area is 144 Å². The summed E-state index contributed by atoms with van der Waals surface area (Å²) in [4.78, 5) is 42.3. The number of piperazine rings is 2. The minimum atomic E-state index is -0.540. The standard InChI is InChI=1S/C17H21N3O3S/c21-15-9-18-16(22)12-10-19(6-7-20(12)15)17(23)14-8-11-4-2-1-3-5-13(11)24-14/h8,12H,1-7,9-10H2,(H,18,22)/t12-/m0/s1. The fraction of sp³-hybridized carbons (Fsp3) is 0.588. The summed E-state index contributed by atoms with van der Waals surface area (Å²) in [5, 5.41) is 2.61. The second-order valence-electron chi connectivity index (χ2n) is 6.69. The van der Waals surface area contributed by atoms with E-state index in [1.807, 2.05) is 6.07 Å². The molecule has 1 aromatic rings. The van der Waals surface area contributed by atoms with Crippen LogP contribution in [0.2, 0.25) is 0 Å². The van der Waals surface area contributed by atoms with Crippen LogP contribution in [0.4, 0.5) is 0 Å². The van der Waals surface area contributed by atoms with Crippen molar-refractivity contribution in [1.29, 1.82) is 0 Å². The number of hydrogen-bond acceptors (Lipinski definition) is 4. The Morgan fingerprint density at radius 3 is 2.88 bits per heavy atom. The zero-order valence-electron chi connectivity index (χ0n) is 13.5. The lowest BCUT2D eigenvalue weighted by Gasteiger charge is -2.42. The number of nitrogens with one attached hydrogen (secondary N) is 1. The van der Waals surface area contributed by atoms with Crippen LogP contribution in [0.1, 0.15) is 39.4 Å². The number of aryl methyl sites for hydroxylation is 2. The molecule has 6 nitrogen and oxygen atoms in total. The van der Waals surface area contributed by atoms with E-state index in [0.717, 1.165) is 17.7 Å². The number of nitrogens with zero attached hydrogens (tertiary/aromatic N) is 2. The average molecular weight is 347 g/mol. The van der Waals surface area contributed by atoms with Gasteiger partial charge in [0.1, 0.15) is 6.04 Å². The molecule has 7 heteroatoms. The summed E-state index contributed by atoms with van der Waals surface area (Å²) >= 11 is 1.61. The molecule has 0 spiro atoms.